The number of sulfone groups is 1. The number of benzene rings is 4. The van der Waals surface area contributed by atoms with Gasteiger partial charge < -0.3 is 4.74 Å². The average Bonchev–Trinajstić information content (AvgIpc) is 3.43. The number of hydrogen-bond acceptors (Lipinski definition) is 4. The predicted molar refractivity (Wildman–Crippen MR) is 165 cm³/mol. The average molecular weight is 729 g/mol. The zero-order chi connectivity index (χ0) is 32.6. The van der Waals surface area contributed by atoms with Crippen molar-refractivity contribution >= 4 is 36.0 Å². The third-order valence-corrected chi connectivity index (χ3v) is 12.4. The van der Waals surface area contributed by atoms with Gasteiger partial charge in [0.25, 0.3) is 0 Å². The Kier molecular flexibility index (Phi) is 9.67. The molecule has 4 aromatic rings. The molecule has 1 fully saturated rings. The molecule has 1 aliphatic rings. The van der Waals surface area contributed by atoms with E-state index >= 15 is 0 Å². The molecule has 13 heteroatoms. The van der Waals surface area contributed by atoms with Gasteiger partial charge in [-0.2, -0.15) is 13.2 Å². The minimum Gasteiger partial charge on any atom is -0.361 e. The largest absolute Gasteiger partial charge is 0.417 e. The highest BCUT2D eigenvalue weighted by Gasteiger charge is 2.53. The zero-order valence-electron chi connectivity index (χ0n) is 23.9. The molecular weight excluding hydrogens is 700 g/mol. The maximum absolute atomic E-state index is 14.4. The first kappa shape index (κ1) is 33.4. The number of ether oxygens (including phenoxy) is 1. The Morgan fingerprint density at radius 3 is 2.09 bits per heavy atom. The number of hydrogen-bond donors (Lipinski definition) is 0. The molecule has 238 valence electrons. The van der Waals surface area contributed by atoms with Gasteiger partial charge >= 0.3 is 6.18 Å². The van der Waals surface area contributed by atoms with E-state index in [1.807, 2.05) is 35.2 Å². The van der Waals surface area contributed by atoms with Crippen LogP contribution in [0.15, 0.2) is 100 Å². The molecule has 0 saturated carbocycles. The Morgan fingerprint density at radius 2 is 1.49 bits per heavy atom. The molecule has 0 radical (unpaired) electrons. The SMILES string of the molecule is O=S(=O)(c1ccc(F)c(Br)c1)[C@H]1CN(Cc2ccccc2)C[C@H]1c1ccc([C@]([SiH3])(OCc2c(F)cccc2F)C(F)(F)F)cc1. The summed E-state index contributed by atoms with van der Waals surface area (Å²) in [7, 11) is -4.62. The number of halogens is 7. The second kappa shape index (κ2) is 13.0. The van der Waals surface area contributed by atoms with Crippen molar-refractivity contribution in [2.24, 2.45) is 0 Å². The fourth-order valence-electron chi connectivity index (χ4n) is 5.55. The van der Waals surface area contributed by atoms with Crippen LogP contribution in [0.2, 0.25) is 0 Å². The van der Waals surface area contributed by atoms with Crippen molar-refractivity contribution in [3.05, 3.63) is 135 Å². The van der Waals surface area contributed by atoms with E-state index in [4.69, 9.17) is 4.74 Å². The summed E-state index contributed by atoms with van der Waals surface area (Å²) < 4.78 is 119. The smallest absolute Gasteiger partial charge is 0.361 e. The first-order chi connectivity index (χ1) is 21.2. The van der Waals surface area contributed by atoms with Gasteiger partial charge in [-0.1, -0.05) is 60.7 Å². The quantitative estimate of drug-likeness (QED) is 0.111. The van der Waals surface area contributed by atoms with E-state index in [2.05, 4.69) is 15.9 Å². The third kappa shape index (κ3) is 6.92. The molecule has 5 rings (SSSR count). The summed E-state index contributed by atoms with van der Waals surface area (Å²) in [5.41, 5.74) is 0.589. The number of nitrogens with zero attached hydrogens (tertiary/aromatic N) is 1. The van der Waals surface area contributed by atoms with Crippen molar-refractivity contribution in [2.75, 3.05) is 13.1 Å². The fourth-order valence-corrected chi connectivity index (χ4v) is 8.53. The second-order valence-corrected chi connectivity index (χ2v) is 15.5. The Bertz CT molecular complexity index is 1760. The number of alkyl halides is 3. The highest BCUT2D eigenvalue weighted by molar-refractivity contribution is 9.10. The van der Waals surface area contributed by atoms with E-state index in [0.717, 1.165) is 29.8 Å². The molecule has 4 nitrogen and oxygen atoms in total. The van der Waals surface area contributed by atoms with Crippen LogP contribution >= 0.6 is 15.9 Å². The summed E-state index contributed by atoms with van der Waals surface area (Å²) in [5, 5.41) is -3.77. The molecular formula is C32H28BrF6NO3SSi. The maximum Gasteiger partial charge on any atom is 0.417 e. The van der Waals surface area contributed by atoms with Crippen molar-refractivity contribution in [3.63, 3.8) is 0 Å². The van der Waals surface area contributed by atoms with Gasteiger partial charge in [-0.15, -0.1) is 0 Å². The zero-order valence-corrected chi connectivity index (χ0v) is 28.3. The summed E-state index contributed by atoms with van der Waals surface area (Å²) in [6.45, 7) is -0.0430. The summed E-state index contributed by atoms with van der Waals surface area (Å²) in [6, 6.07) is 21.2. The van der Waals surface area contributed by atoms with Crippen LogP contribution < -0.4 is 0 Å². The van der Waals surface area contributed by atoms with Crippen LogP contribution in [0.3, 0.4) is 0 Å². The molecule has 45 heavy (non-hydrogen) atoms. The van der Waals surface area contributed by atoms with Gasteiger partial charge in [0.05, 0.1) is 31.5 Å². The minimum absolute atomic E-state index is 0.00511. The van der Waals surface area contributed by atoms with Crippen molar-refractivity contribution < 1.29 is 39.5 Å². The highest BCUT2D eigenvalue weighted by atomic mass is 79.9. The molecule has 0 N–H and O–H groups in total. The number of likely N-dealkylation sites (tertiary alicyclic amines) is 1. The van der Waals surface area contributed by atoms with Gasteiger partial charge in [-0.25, -0.2) is 21.6 Å². The predicted octanol–water partition coefficient (Wildman–Crippen LogP) is 6.61. The maximum atomic E-state index is 14.4. The van der Waals surface area contributed by atoms with Crippen LogP contribution in [0, 0.1) is 17.5 Å². The van der Waals surface area contributed by atoms with Gasteiger partial charge in [0.15, 0.2) is 15.1 Å². The van der Waals surface area contributed by atoms with Gasteiger partial charge in [-0.05, 0) is 63.0 Å². The first-order valence-corrected chi connectivity index (χ1v) is 17.2. The monoisotopic (exact) mass is 727 g/mol. The molecule has 1 aliphatic heterocycles. The lowest BCUT2D eigenvalue weighted by molar-refractivity contribution is -0.251. The summed E-state index contributed by atoms with van der Waals surface area (Å²) in [6.07, 6.45) is -4.90. The fraction of sp³-hybridized carbons (Fsp3) is 0.250. The molecule has 4 aromatic carbocycles. The Morgan fingerprint density at radius 1 is 0.844 bits per heavy atom. The molecule has 0 unspecified atom stereocenters. The Labute approximate surface area is 268 Å². The number of rotatable bonds is 9. The van der Waals surface area contributed by atoms with E-state index in [1.54, 1.807) is 0 Å². The lowest BCUT2D eigenvalue weighted by Gasteiger charge is -2.33. The molecule has 1 saturated heterocycles. The summed E-state index contributed by atoms with van der Waals surface area (Å²) >= 11 is 3.05. The summed E-state index contributed by atoms with van der Waals surface area (Å²) in [5.74, 6) is -3.27. The normalized spacial score (nSPS) is 19.1. The molecule has 0 amide bonds. The topological polar surface area (TPSA) is 46.6 Å². The van der Waals surface area contributed by atoms with Crippen LogP contribution in [0.4, 0.5) is 26.3 Å². The van der Waals surface area contributed by atoms with E-state index in [9.17, 15) is 34.8 Å². The van der Waals surface area contributed by atoms with E-state index < -0.39 is 72.3 Å². The van der Waals surface area contributed by atoms with Crippen LogP contribution in [0.25, 0.3) is 0 Å². The minimum atomic E-state index is -4.90. The molecule has 0 bridgehead atoms. The third-order valence-electron chi connectivity index (χ3n) is 8.21. The van der Waals surface area contributed by atoms with Gasteiger partial charge in [-0.3, -0.25) is 4.90 Å². The molecule has 0 spiro atoms. The van der Waals surface area contributed by atoms with Gasteiger partial charge in [0.1, 0.15) is 17.5 Å². The van der Waals surface area contributed by atoms with Crippen LogP contribution in [0.5, 0.6) is 0 Å². The van der Waals surface area contributed by atoms with Crippen molar-refractivity contribution in [3.8, 4) is 0 Å². The van der Waals surface area contributed by atoms with E-state index in [0.29, 0.717) is 18.7 Å². The van der Waals surface area contributed by atoms with Gasteiger partial charge in [0.2, 0.25) is 0 Å². The van der Waals surface area contributed by atoms with E-state index in [1.165, 1.54) is 36.4 Å². The van der Waals surface area contributed by atoms with Crippen LogP contribution in [0.1, 0.15) is 28.2 Å². The lowest BCUT2D eigenvalue weighted by atomic mass is 9.95. The Balaban J connectivity index is 1.47. The second-order valence-electron chi connectivity index (χ2n) is 11.1. The van der Waals surface area contributed by atoms with Crippen LogP contribution in [-0.2, 0) is 33.0 Å². The molecule has 3 atom stereocenters. The van der Waals surface area contributed by atoms with Gasteiger partial charge in [0, 0.05) is 31.1 Å². The molecule has 0 aromatic heterocycles. The first-order valence-electron chi connectivity index (χ1n) is 13.9. The van der Waals surface area contributed by atoms with Crippen molar-refractivity contribution in [1.82, 2.24) is 4.90 Å². The molecule has 0 aliphatic carbocycles. The van der Waals surface area contributed by atoms with E-state index in [-0.39, 0.29) is 21.5 Å². The van der Waals surface area contributed by atoms with Crippen molar-refractivity contribution in [2.45, 2.75) is 40.6 Å². The van der Waals surface area contributed by atoms with Crippen molar-refractivity contribution in [1.29, 1.82) is 0 Å². The Hall–Kier alpha value is -2.97. The highest BCUT2D eigenvalue weighted by Crippen LogP contribution is 2.42. The molecule has 1 heterocycles. The van der Waals surface area contributed by atoms with Crippen LogP contribution in [-0.4, -0.2) is 48.1 Å². The standard InChI is InChI=1S/C32H28BrF6NO3SSi/c33-26-15-23(13-14-29(26)36)44(41,42)30-18-40(16-20-5-2-1-3-6-20)17-24(30)21-9-11-22(12-10-21)31(45,32(37,38)39)43-19-25-27(34)7-4-8-28(25)35/h1-15,24,30H,16-19H2,45H3/t24-,30-,31+/m0/s1. The summed E-state index contributed by atoms with van der Waals surface area (Å²) in [4.78, 5) is 1.89. The lowest BCUT2D eigenvalue weighted by Crippen LogP contribution is -2.45.